The Bertz CT molecular complexity index is 268. The average molecular weight is 233 g/mol. The highest BCUT2D eigenvalue weighted by molar-refractivity contribution is 5.82. The summed E-state index contributed by atoms with van der Waals surface area (Å²) in [5.41, 5.74) is 4.84. The molecule has 8 heteroatoms. The summed E-state index contributed by atoms with van der Waals surface area (Å²) < 4.78 is 0. The topological polar surface area (TPSA) is 142 Å². The van der Waals surface area contributed by atoms with Crippen molar-refractivity contribution in [1.82, 2.24) is 10.6 Å². The molecule has 0 aromatic carbocycles. The second kappa shape index (κ2) is 7.46. The standard InChI is InChI=1S/C8H15N3O5/c9-6(13)1-3-10-8(16)11-5(2-4-12)7(14)15/h5,12H,1-4H2,(H2,9,13)(H,14,15)(H2,10,11,16). The van der Waals surface area contributed by atoms with Crippen LogP contribution in [-0.2, 0) is 9.59 Å². The number of rotatable bonds is 7. The summed E-state index contributed by atoms with van der Waals surface area (Å²) in [6, 6.07) is -1.87. The van der Waals surface area contributed by atoms with E-state index in [4.69, 9.17) is 15.9 Å². The maximum absolute atomic E-state index is 11.1. The van der Waals surface area contributed by atoms with Crippen LogP contribution in [0.5, 0.6) is 0 Å². The highest BCUT2D eigenvalue weighted by Gasteiger charge is 2.18. The number of aliphatic carboxylic acids is 1. The molecule has 16 heavy (non-hydrogen) atoms. The molecule has 1 atom stereocenters. The summed E-state index contributed by atoms with van der Waals surface area (Å²) in [7, 11) is 0. The van der Waals surface area contributed by atoms with E-state index in [1.807, 2.05) is 0 Å². The monoisotopic (exact) mass is 233 g/mol. The van der Waals surface area contributed by atoms with Gasteiger partial charge < -0.3 is 26.6 Å². The van der Waals surface area contributed by atoms with Crippen molar-refractivity contribution in [3.8, 4) is 0 Å². The van der Waals surface area contributed by atoms with Gasteiger partial charge in [0.1, 0.15) is 6.04 Å². The van der Waals surface area contributed by atoms with Gasteiger partial charge in [0.05, 0.1) is 0 Å². The van der Waals surface area contributed by atoms with Gasteiger partial charge in [0.25, 0.3) is 0 Å². The van der Waals surface area contributed by atoms with Crippen molar-refractivity contribution in [1.29, 1.82) is 0 Å². The summed E-state index contributed by atoms with van der Waals surface area (Å²) >= 11 is 0. The van der Waals surface area contributed by atoms with Crippen LogP contribution in [0.4, 0.5) is 4.79 Å². The van der Waals surface area contributed by atoms with Gasteiger partial charge in [-0.25, -0.2) is 9.59 Å². The first-order valence-corrected chi connectivity index (χ1v) is 4.63. The van der Waals surface area contributed by atoms with E-state index in [-0.39, 0.29) is 26.0 Å². The Kier molecular flexibility index (Phi) is 6.61. The molecule has 8 nitrogen and oxygen atoms in total. The molecule has 0 radical (unpaired) electrons. The Morgan fingerprint density at radius 3 is 2.38 bits per heavy atom. The summed E-state index contributed by atoms with van der Waals surface area (Å²) in [4.78, 5) is 32.0. The van der Waals surface area contributed by atoms with Crippen molar-refractivity contribution in [2.75, 3.05) is 13.2 Å². The average Bonchev–Trinajstić information content (AvgIpc) is 2.16. The summed E-state index contributed by atoms with van der Waals surface area (Å²) in [5, 5.41) is 21.6. The van der Waals surface area contributed by atoms with Gasteiger partial charge in [0, 0.05) is 26.0 Å². The number of carboxylic acids is 1. The lowest BCUT2D eigenvalue weighted by atomic mass is 10.2. The van der Waals surface area contributed by atoms with E-state index in [0.717, 1.165) is 0 Å². The van der Waals surface area contributed by atoms with Crippen LogP contribution in [0.3, 0.4) is 0 Å². The Labute approximate surface area is 91.8 Å². The zero-order chi connectivity index (χ0) is 12.6. The maximum atomic E-state index is 11.1. The summed E-state index contributed by atoms with van der Waals surface area (Å²) in [6.07, 6.45) is -0.107. The van der Waals surface area contributed by atoms with E-state index in [2.05, 4.69) is 10.6 Å². The number of aliphatic hydroxyl groups excluding tert-OH is 1. The zero-order valence-electron chi connectivity index (χ0n) is 8.60. The number of nitrogens with one attached hydrogen (secondary N) is 2. The van der Waals surface area contributed by atoms with Gasteiger partial charge in [0.15, 0.2) is 0 Å². The molecule has 0 aromatic rings. The number of aliphatic hydroxyl groups is 1. The Morgan fingerprint density at radius 2 is 1.94 bits per heavy atom. The third-order valence-corrected chi connectivity index (χ3v) is 1.68. The first kappa shape index (κ1) is 14.2. The van der Waals surface area contributed by atoms with Gasteiger partial charge in [-0.15, -0.1) is 0 Å². The highest BCUT2D eigenvalue weighted by Crippen LogP contribution is 1.90. The molecule has 0 fully saturated rings. The minimum Gasteiger partial charge on any atom is -0.480 e. The largest absolute Gasteiger partial charge is 0.480 e. The van der Waals surface area contributed by atoms with Gasteiger partial charge in [0.2, 0.25) is 5.91 Å². The molecule has 0 heterocycles. The fourth-order valence-corrected chi connectivity index (χ4v) is 0.895. The van der Waals surface area contributed by atoms with Crippen LogP contribution in [0.25, 0.3) is 0 Å². The fraction of sp³-hybridized carbons (Fsp3) is 0.625. The lowest BCUT2D eigenvalue weighted by Crippen LogP contribution is -2.46. The van der Waals surface area contributed by atoms with Crippen LogP contribution >= 0.6 is 0 Å². The second-order valence-electron chi connectivity index (χ2n) is 3.02. The minimum atomic E-state index is -1.24. The van der Waals surface area contributed by atoms with Gasteiger partial charge in [-0.05, 0) is 0 Å². The number of carboxylic acid groups (broad SMARTS) is 1. The Balaban J connectivity index is 3.90. The minimum absolute atomic E-state index is 0.0227. The first-order chi connectivity index (χ1) is 7.47. The number of primary amides is 1. The number of carbonyl (C=O) groups excluding carboxylic acids is 2. The Morgan fingerprint density at radius 1 is 1.31 bits per heavy atom. The van der Waals surface area contributed by atoms with Crippen LogP contribution in [0.1, 0.15) is 12.8 Å². The zero-order valence-corrected chi connectivity index (χ0v) is 8.60. The molecule has 3 amide bonds. The fourth-order valence-electron chi connectivity index (χ4n) is 0.895. The number of nitrogens with two attached hydrogens (primary N) is 1. The molecule has 6 N–H and O–H groups in total. The predicted octanol–water partition coefficient (Wildman–Crippen LogP) is -2.00. The van der Waals surface area contributed by atoms with E-state index in [1.165, 1.54) is 0 Å². The predicted molar refractivity (Wildman–Crippen MR) is 53.5 cm³/mol. The van der Waals surface area contributed by atoms with Crippen LogP contribution in [-0.4, -0.2) is 47.3 Å². The molecule has 0 aliphatic rings. The lowest BCUT2D eigenvalue weighted by molar-refractivity contribution is -0.139. The van der Waals surface area contributed by atoms with Crippen LogP contribution in [0.2, 0.25) is 0 Å². The van der Waals surface area contributed by atoms with E-state index >= 15 is 0 Å². The van der Waals surface area contributed by atoms with Gasteiger partial charge in [-0.2, -0.15) is 0 Å². The van der Waals surface area contributed by atoms with Crippen molar-refractivity contribution < 1.29 is 24.6 Å². The van der Waals surface area contributed by atoms with Crippen molar-refractivity contribution >= 4 is 17.9 Å². The molecule has 0 saturated heterocycles. The lowest BCUT2D eigenvalue weighted by Gasteiger charge is -2.13. The summed E-state index contributed by atoms with van der Waals surface area (Å²) in [6.45, 7) is -0.314. The SMILES string of the molecule is NC(=O)CCNC(=O)NC(CCO)C(=O)O. The number of amides is 3. The second-order valence-corrected chi connectivity index (χ2v) is 3.02. The molecule has 0 aromatic heterocycles. The molecule has 0 aliphatic carbocycles. The highest BCUT2D eigenvalue weighted by atomic mass is 16.4. The quantitative estimate of drug-likeness (QED) is 0.345. The first-order valence-electron chi connectivity index (χ1n) is 4.63. The Hall–Kier alpha value is -1.83. The normalized spacial score (nSPS) is 11.6. The van der Waals surface area contributed by atoms with Crippen molar-refractivity contribution in [2.24, 2.45) is 5.73 Å². The molecule has 92 valence electrons. The smallest absolute Gasteiger partial charge is 0.326 e. The van der Waals surface area contributed by atoms with Crippen molar-refractivity contribution in [3.63, 3.8) is 0 Å². The molecule has 0 spiro atoms. The van der Waals surface area contributed by atoms with Crippen molar-refractivity contribution in [3.05, 3.63) is 0 Å². The third-order valence-electron chi connectivity index (χ3n) is 1.68. The van der Waals surface area contributed by atoms with Crippen LogP contribution < -0.4 is 16.4 Å². The molecule has 1 unspecified atom stereocenters. The van der Waals surface area contributed by atoms with E-state index in [9.17, 15) is 14.4 Å². The van der Waals surface area contributed by atoms with Crippen molar-refractivity contribution in [2.45, 2.75) is 18.9 Å². The van der Waals surface area contributed by atoms with E-state index in [0.29, 0.717) is 0 Å². The molecule has 0 bridgehead atoms. The molecular weight excluding hydrogens is 218 g/mol. The number of hydrogen-bond acceptors (Lipinski definition) is 4. The maximum Gasteiger partial charge on any atom is 0.326 e. The van der Waals surface area contributed by atoms with Gasteiger partial charge in [-0.3, -0.25) is 4.79 Å². The van der Waals surface area contributed by atoms with Crippen LogP contribution in [0, 0.1) is 0 Å². The molecule has 0 rings (SSSR count). The number of urea groups is 1. The molecule has 0 saturated carbocycles. The third kappa shape index (κ3) is 6.60. The number of hydrogen-bond donors (Lipinski definition) is 5. The van der Waals surface area contributed by atoms with E-state index in [1.54, 1.807) is 0 Å². The van der Waals surface area contributed by atoms with Gasteiger partial charge >= 0.3 is 12.0 Å². The van der Waals surface area contributed by atoms with Crippen LogP contribution in [0.15, 0.2) is 0 Å². The van der Waals surface area contributed by atoms with E-state index < -0.39 is 23.9 Å². The molecular formula is C8H15N3O5. The number of carbonyl (C=O) groups is 3. The molecule has 0 aliphatic heterocycles. The summed E-state index contributed by atoms with van der Waals surface area (Å²) in [5.74, 6) is -1.80. The van der Waals surface area contributed by atoms with Gasteiger partial charge in [-0.1, -0.05) is 0 Å².